The Morgan fingerprint density at radius 3 is 2.79 bits per heavy atom. The zero-order chi connectivity index (χ0) is 19.3. The molecule has 3 aromatic rings. The highest BCUT2D eigenvalue weighted by Gasteiger charge is 2.28. The zero-order valence-corrected chi connectivity index (χ0v) is 16.1. The summed E-state index contributed by atoms with van der Waals surface area (Å²) >= 11 is 0. The van der Waals surface area contributed by atoms with E-state index in [1.807, 2.05) is 29.2 Å². The van der Waals surface area contributed by atoms with Gasteiger partial charge in [-0.25, -0.2) is 0 Å². The number of aryl methyl sites for hydroxylation is 1. The monoisotopic (exact) mass is 372 g/mol. The van der Waals surface area contributed by atoms with E-state index < -0.39 is 0 Å². The molecule has 142 valence electrons. The minimum absolute atomic E-state index is 0.129. The Morgan fingerprint density at radius 1 is 1.07 bits per heavy atom. The van der Waals surface area contributed by atoms with Gasteiger partial charge in [-0.2, -0.15) is 0 Å². The fourth-order valence-electron chi connectivity index (χ4n) is 3.86. The van der Waals surface area contributed by atoms with Gasteiger partial charge < -0.3 is 4.90 Å². The normalized spacial score (nSPS) is 16.8. The van der Waals surface area contributed by atoms with Gasteiger partial charge >= 0.3 is 0 Å². The number of likely N-dealkylation sites (tertiary alicyclic amines) is 1. The van der Waals surface area contributed by atoms with Gasteiger partial charge in [0.05, 0.1) is 17.8 Å². The average molecular weight is 372 g/mol. The second-order valence-corrected chi connectivity index (χ2v) is 7.34. The molecule has 3 heterocycles. The highest BCUT2D eigenvalue weighted by molar-refractivity contribution is 5.78. The van der Waals surface area contributed by atoms with Crippen molar-refractivity contribution >= 4 is 5.91 Å². The van der Waals surface area contributed by atoms with Crippen LogP contribution in [-0.4, -0.2) is 38.8 Å². The standard InChI is InChI=1S/C23H24N4O/c1-17-6-4-7-18(14-17)22-23(26-12-11-25-22)19-8-5-13-27(16-19)21(28)15-20-9-2-3-10-24-20/h2-4,6-7,9-12,14,19H,5,8,13,15-16H2,1H3. The first-order valence-corrected chi connectivity index (χ1v) is 9.76. The summed E-state index contributed by atoms with van der Waals surface area (Å²) in [5, 5.41) is 0. The van der Waals surface area contributed by atoms with E-state index in [2.05, 4.69) is 40.1 Å². The second-order valence-electron chi connectivity index (χ2n) is 7.34. The van der Waals surface area contributed by atoms with E-state index >= 15 is 0 Å². The number of rotatable bonds is 4. The predicted octanol–water partition coefficient (Wildman–Crippen LogP) is 3.80. The van der Waals surface area contributed by atoms with Gasteiger partial charge in [-0.1, -0.05) is 29.8 Å². The lowest BCUT2D eigenvalue weighted by Gasteiger charge is -2.33. The van der Waals surface area contributed by atoms with Crippen LogP contribution in [-0.2, 0) is 11.2 Å². The first-order valence-electron chi connectivity index (χ1n) is 9.76. The van der Waals surface area contributed by atoms with E-state index in [4.69, 9.17) is 0 Å². The zero-order valence-electron chi connectivity index (χ0n) is 16.1. The maximum atomic E-state index is 12.8. The molecular formula is C23H24N4O. The van der Waals surface area contributed by atoms with E-state index in [1.54, 1.807) is 18.6 Å². The number of hydrogen-bond acceptors (Lipinski definition) is 4. The highest BCUT2D eigenvalue weighted by Crippen LogP contribution is 2.32. The number of pyridine rings is 1. The van der Waals surface area contributed by atoms with Gasteiger partial charge in [0.15, 0.2) is 0 Å². The van der Waals surface area contributed by atoms with Gasteiger partial charge in [0, 0.05) is 48.9 Å². The Bertz CT molecular complexity index is 958. The third kappa shape index (κ3) is 4.09. The van der Waals surface area contributed by atoms with Crippen molar-refractivity contribution in [1.82, 2.24) is 19.9 Å². The van der Waals surface area contributed by atoms with Gasteiger partial charge in [0.1, 0.15) is 0 Å². The molecule has 2 aromatic heterocycles. The summed E-state index contributed by atoms with van der Waals surface area (Å²) in [4.78, 5) is 28.3. The molecule has 5 nitrogen and oxygen atoms in total. The molecule has 5 heteroatoms. The van der Waals surface area contributed by atoms with Gasteiger partial charge in [-0.05, 0) is 38.0 Å². The molecule has 4 rings (SSSR count). The van der Waals surface area contributed by atoms with E-state index in [0.717, 1.165) is 42.0 Å². The lowest BCUT2D eigenvalue weighted by molar-refractivity contribution is -0.131. The third-order valence-corrected chi connectivity index (χ3v) is 5.24. The van der Waals surface area contributed by atoms with Crippen molar-refractivity contribution in [1.29, 1.82) is 0 Å². The summed E-state index contributed by atoms with van der Waals surface area (Å²) in [6, 6.07) is 14.0. The van der Waals surface area contributed by atoms with E-state index in [-0.39, 0.29) is 11.8 Å². The number of carbonyl (C=O) groups excluding carboxylic acids is 1. The van der Waals surface area contributed by atoms with Gasteiger partial charge in [0.25, 0.3) is 0 Å². The Morgan fingerprint density at radius 2 is 1.96 bits per heavy atom. The van der Waals surface area contributed by atoms with Crippen molar-refractivity contribution in [2.45, 2.75) is 32.1 Å². The predicted molar refractivity (Wildman–Crippen MR) is 109 cm³/mol. The molecule has 1 unspecified atom stereocenters. The van der Waals surface area contributed by atoms with Crippen LogP contribution in [0.15, 0.2) is 61.1 Å². The molecule has 1 aromatic carbocycles. The van der Waals surface area contributed by atoms with Crippen molar-refractivity contribution in [3.05, 3.63) is 78.0 Å². The van der Waals surface area contributed by atoms with Crippen molar-refractivity contribution in [3.63, 3.8) is 0 Å². The molecule has 1 fully saturated rings. The molecule has 0 spiro atoms. The number of amides is 1. The van der Waals surface area contributed by atoms with Crippen LogP contribution in [0.5, 0.6) is 0 Å². The Balaban J connectivity index is 1.55. The first kappa shape index (κ1) is 18.3. The molecule has 0 N–H and O–H groups in total. The van der Waals surface area contributed by atoms with E-state index in [1.165, 1.54) is 5.56 Å². The summed E-state index contributed by atoms with van der Waals surface area (Å²) in [5.41, 5.74) is 5.01. The molecule has 0 radical (unpaired) electrons. The summed E-state index contributed by atoms with van der Waals surface area (Å²) in [5.74, 6) is 0.329. The quantitative estimate of drug-likeness (QED) is 0.699. The lowest BCUT2D eigenvalue weighted by atomic mass is 9.91. The lowest BCUT2D eigenvalue weighted by Crippen LogP contribution is -2.40. The topological polar surface area (TPSA) is 59.0 Å². The Labute approximate surface area is 165 Å². The summed E-state index contributed by atoms with van der Waals surface area (Å²) in [7, 11) is 0. The number of carbonyl (C=O) groups is 1. The summed E-state index contributed by atoms with van der Waals surface area (Å²) in [6.45, 7) is 3.56. The van der Waals surface area contributed by atoms with Crippen LogP contribution < -0.4 is 0 Å². The maximum Gasteiger partial charge on any atom is 0.228 e. The van der Waals surface area contributed by atoms with E-state index in [0.29, 0.717) is 13.0 Å². The van der Waals surface area contributed by atoms with Gasteiger partial charge in [0.2, 0.25) is 5.91 Å². The minimum Gasteiger partial charge on any atom is -0.342 e. The first-order chi connectivity index (χ1) is 13.7. The van der Waals surface area contributed by atoms with Crippen LogP contribution in [0.1, 0.15) is 35.7 Å². The van der Waals surface area contributed by atoms with Crippen LogP contribution in [0.25, 0.3) is 11.3 Å². The molecule has 0 bridgehead atoms. The molecule has 1 aliphatic rings. The number of piperidine rings is 1. The van der Waals surface area contributed by atoms with Gasteiger partial charge in [-0.15, -0.1) is 0 Å². The fraction of sp³-hybridized carbons (Fsp3) is 0.304. The Hall–Kier alpha value is -3.08. The van der Waals surface area contributed by atoms with Crippen LogP contribution in [0, 0.1) is 6.92 Å². The van der Waals surface area contributed by atoms with Crippen molar-refractivity contribution < 1.29 is 4.79 Å². The third-order valence-electron chi connectivity index (χ3n) is 5.24. The molecule has 28 heavy (non-hydrogen) atoms. The number of aromatic nitrogens is 3. The smallest absolute Gasteiger partial charge is 0.228 e. The molecule has 0 aliphatic carbocycles. The average Bonchev–Trinajstić information content (AvgIpc) is 2.74. The SMILES string of the molecule is Cc1cccc(-c2nccnc2C2CCCN(C(=O)Cc3ccccn3)C2)c1. The molecule has 1 amide bonds. The van der Waals surface area contributed by atoms with Gasteiger partial charge in [-0.3, -0.25) is 19.7 Å². The van der Waals surface area contributed by atoms with Crippen molar-refractivity contribution in [2.75, 3.05) is 13.1 Å². The Kier molecular flexibility index (Phi) is 5.42. The maximum absolute atomic E-state index is 12.8. The molecule has 1 atom stereocenters. The largest absolute Gasteiger partial charge is 0.342 e. The van der Waals surface area contributed by atoms with Crippen LogP contribution in [0.2, 0.25) is 0 Å². The minimum atomic E-state index is 0.129. The number of benzene rings is 1. The molecular weight excluding hydrogens is 348 g/mol. The fourth-order valence-corrected chi connectivity index (χ4v) is 3.86. The second kappa shape index (κ2) is 8.30. The highest BCUT2D eigenvalue weighted by atomic mass is 16.2. The van der Waals surface area contributed by atoms with Crippen LogP contribution in [0.3, 0.4) is 0 Å². The van der Waals surface area contributed by atoms with Crippen LogP contribution >= 0.6 is 0 Å². The summed E-state index contributed by atoms with van der Waals surface area (Å²) in [6.07, 6.45) is 7.57. The number of hydrogen-bond donors (Lipinski definition) is 0. The number of nitrogens with zero attached hydrogens (tertiary/aromatic N) is 4. The van der Waals surface area contributed by atoms with E-state index in [9.17, 15) is 4.79 Å². The van der Waals surface area contributed by atoms with Crippen LogP contribution in [0.4, 0.5) is 0 Å². The summed E-state index contributed by atoms with van der Waals surface area (Å²) < 4.78 is 0. The molecule has 1 saturated heterocycles. The van der Waals surface area contributed by atoms with Crippen molar-refractivity contribution in [3.8, 4) is 11.3 Å². The molecule has 0 saturated carbocycles. The van der Waals surface area contributed by atoms with Crippen molar-refractivity contribution in [2.24, 2.45) is 0 Å². The molecule has 1 aliphatic heterocycles.